The number of hydrogen-bond acceptors (Lipinski definition) is 4. The molecule has 1 rings (SSSR count). The largest absolute Gasteiger partial charge is 0.396 e. The van der Waals surface area contributed by atoms with Gasteiger partial charge in [0.1, 0.15) is 0 Å². The number of likely N-dealkylation sites (N-methyl/N-ethyl adjacent to an activating group) is 1. The molecule has 4 nitrogen and oxygen atoms in total. The van der Waals surface area contributed by atoms with Gasteiger partial charge in [0.05, 0.1) is 13.2 Å². The molecule has 0 amide bonds. The van der Waals surface area contributed by atoms with Crippen LogP contribution in [0.1, 0.15) is 19.8 Å². The third-order valence-electron chi connectivity index (χ3n) is 3.51. The van der Waals surface area contributed by atoms with E-state index in [1.807, 2.05) is 0 Å². The molecule has 0 unspecified atom stereocenters. The molecule has 0 radical (unpaired) electrons. The highest BCUT2D eigenvalue weighted by atomic mass is 16.5. The summed E-state index contributed by atoms with van der Waals surface area (Å²) in [7, 11) is 1.73. The van der Waals surface area contributed by atoms with Crippen LogP contribution >= 0.6 is 0 Å². The molecule has 96 valence electrons. The zero-order chi connectivity index (χ0) is 11.9. The first-order chi connectivity index (χ1) is 7.76. The lowest BCUT2D eigenvalue weighted by Gasteiger charge is -2.39. The Labute approximate surface area is 98.5 Å². The first kappa shape index (κ1) is 13.9. The Morgan fingerprint density at radius 3 is 2.56 bits per heavy atom. The predicted octanol–water partition coefficient (Wildman–Crippen LogP) is 0.744. The highest BCUT2D eigenvalue weighted by Gasteiger charge is 2.33. The summed E-state index contributed by atoms with van der Waals surface area (Å²) in [6, 6.07) is 0. The lowest BCUT2D eigenvalue weighted by atomic mass is 9.80. The minimum atomic E-state index is 0.0437. The fourth-order valence-corrected chi connectivity index (χ4v) is 2.21. The molecule has 16 heavy (non-hydrogen) atoms. The summed E-state index contributed by atoms with van der Waals surface area (Å²) in [6.45, 7) is 7.63. The second-order valence-electron chi connectivity index (χ2n) is 4.63. The van der Waals surface area contributed by atoms with Crippen LogP contribution in [0.15, 0.2) is 0 Å². The maximum Gasteiger partial charge on any atom is 0.0589 e. The molecule has 0 bridgehead atoms. The standard InChI is InChI=1S/C12H25NO3/c1-3-13(6-9-15-2)10-12(11-14)4-7-16-8-5-12/h14H,3-11H2,1-2H3. The maximum atomic E-state index is 9.60. The molecule has 1 aliphatic heterocycles. The molecule has 0 atom stereocenters. The third-order valence-corrected chi connectivity index (χ3v) is 3.51. The van der Waals surface area contributed by atoms with Gasteiger partial charge in [0.25, 0.3) is 0 Å². The fraction of sp³-hybridized carbons (Fsp3) is 1.00. The molecule has 0 spiro atoms. The number of aliphatic hydroxyl groups is 1. The highest BCUT2D eigenvalue weighted by Crippen LogP contribution is 2.30. The zero-order valence-electron chi connectivity index (χ0n) is 10.6. The smallest absolute Gasteiger partial charge is 0.0589 e. The average Bonchev–Trinajstić information content (AvgIpc) is 2.35. The second-order valence-corrected chi connectivity index (χ2v) is 4.63. The number of rotatable bonds is 7. The molecule has 1 saturated heterocycles. The van der Waals surface area contributed by atoms with Gasteiger partial charge in [0.15, 0.2) is 0 Å². The van der Waals surface area contributed by atoms with Crippen LogP contribution in [0.2, 0.25) is 0 Å². The quantitative estimate of drug-likeness (QED) is 0.702. The average molecular weight is 231 g/mol. The van der Waals surface area contributed by atoms with E-state index in [0.29, 0.717) is 0 Å². The lowest BCUT2D eigenvalue weighted by molar-refractivity contribution is -0.0359. The lowest BCUT2D eigenvalue weighted by Crippen LogP contribution is -2.44. The molecule has 1 heterocycles. The van der Waals surface area contributed by atoms with E-state index in [4.69, 9.17) is 9.47 Å². The number of aliphatic hydroxyl groups excluding tert-OH is 1. The van der Waals surface area contributed by atoms with Crippen molar-refractivity contribution in [2.75, 3.05) is 53.2 Å². The van der Waals surface area contributed by atoms with Gasteiger partial charge >= 0.3 is 0 Å². The maximum absolute atomic E-state index is 9.60. The van der Waals surface area contributed by atoms with Crippen molar-refractivity contribution in [2.45, 2.75) is 19.8 Å². The van der Waals surface area contributed by atoms with Crippen LogP contribution in [0, 0.1) is 5.41 Å². The van der Waals surface area contributed by atoms with Gasteiger partial charge in [-0.2, -0.15) is 0 Å². The molecular formula is C12H25NO3. The molecule has 0 saturated carbocycles. The molecule has 0 aromatic heterocycles. The summed E-state index contributed by atoms with van der Waals surface area (Å²) in [5.74, 6) is 0. The third kappa shape index (κ3) is 4.01. The van der Waals surface area contributed by atoms with E-state index >= 15 is 0 Å². The number of methoxy groups -OCH3 is 1. The normalized spacial score (nSPS) is 20.2. The monoisotopic (exact) mass is 231 g/mol. The van der Waals surface area contributed by atoms with Crippen LogP contribution in [0.5, 0.6) is 0 Å². The van der Waals surface area contributed by atoms with Crippen molar-refractivity contribution < 1.29 is 14.6 Å². The molecule has 0 aromatic rings. The van der Waals surface area contributed by atoms with E-state index in [9.17, 15) is 5.11 Å². The summed E-state index contributed by atoms with van der Waals surface area (Å²) < 4.78 is 10.5. The zero-order valence-corrected chi connectivity index (χ0v) is 10.6. The first-order valence-corrected chi connectivity index (χ1v) is 6.16. The highest BCUT2D eigenvalue weighted by molar-refractivity contribution is 4.84. The molecule has 4 heteroatoms. The van der Waals surface area contributed by atoms with Crippen molar-refractivity contribution in [3.8, 4) is 0 Å². The van der Waals surface area contributed by atoms with Gasteiger partial charge < -0.3 is 19.5 Å². The summed E-state index contributed by atoms with van der Waals surface area (Å²) in [6.07, 6.45) is 1.93. The van der Waals surface area contributed by atoms with E-state index in [1.165, 1.54) is 0 Å². The van der Waals surface area contributed by atoms with Crippen molar-refractivity contribution in [1.29, 1.82) is 0 Å². The van der Waals surface area contributed by atoms with E-state index < -0.39 is 0 Å². The van der Waals surface area contributed by atoms with E-state index in [-0.39, 0.29) is 12.0 Å². The van der Waals surface area contributed by atoms with Gasteiger partial charge in [-0.3, -0.25) is 0 Å². The minimum absolute atomic E-state index is 0.0437. The Kier molecular flexibility index (Phi) is 6.28. The van der Waals surface area contributed by atoms with Gasteiger partial charge in [-0.05, 0) is 19.4 Å². The Morgan fingerprint density at radius 2 is 2.06 bits per heavy atom. The Bertz CT molecular complexity index is 181. The van der Waals surface area contributed by atoms with Crippen LogP contribution in [-0.4, -0.2) is 63.2 Å². The van der Waals surface area contributed by atoms with Crippen molar-refractivity contribution in [3.63, 3.8) is 0 Å². The second kappa shape index (κ2) is 7.22. The van der Waals surface area contributed by atoms with Crippen molar-refractivity contribution in [3.05, 3.63) is 0 Å². The van der Waals surface area contributed by atoms with Crippen LogP contribution in [-0.2, 0) is 9.47 Å². The van der Waals surface area contributed by atoms with Gasteiger partial charge in [-0.15, -0.1) is 0 Å². The first-order valence-electron chi connectivity index (χ1n) is 6.16. The van der Waals surface area contributed by atoms with Crippen molar-refractivity contribution in [2.24, 2.45) is 5.41 Å². The minimum Gasteiger partial charge on any atom is -0.396 e. The topological polar surface area (TPSA) is 41.9 Å². The predicted molar refractivity (Wildman–Crippen MR) is 63.6 cm³/mol. The molecule has 0 aliphatic carbocycles. The number of nitrogens with zero attached hydrogens (tertiary/aromatic N) is 1. The van der Waals surface area contributed by atoms with E-state index in [0.717, 1.165) is 52.3 Å². The van der Waals surface area contributed by atoms with Crippen molar-refractivity contribution in [1.82, 2.24) is 4.90 Å². The summed E-state index contributed by atoms with van der Waals surface area (Å²) in [4.78, 5) is 2.35. The Morgan fingerprint density at radius 1 is 1.38 bits per heavy atom. The molecular weight excluding hydrogens is 206 g/mol. The summed E-state index contributed by atoms with van der Waals surface area (Å²) in [5, 5.41) is 9.60. The van der Waals surface area contributed by atoms with Crippen LogP contribution in [0.3, 0.4) is 0 Å². The molecule has 1 N–H and O–H groups in total. The van der Waals surface area contributed by atoms with Gasteiger partial charge in [-0.1, -0.05) is 6.92 Å². The van der Waals surface area contributed by atoms with Gasteiger partial charge in [0, 0.05) is 38.8 Å². The summed E-state index contributed by atoms with van der Waals surface area (Å²) >= 11 is 0. The number of hydrogen-bond donors (Lipinski definition) is 1. The van der Waals surface area contributed by atoms with Crippen molar-refractivity contribution >= 4 is 0 Å². The van der Waals surface area contributed by atoms with E-state index in [1.54, 1.807) is 7.11 Å². The SMILES string of the molecule is CCN(CCOC)CC1(CO)CCOCC1. The molecule has 0 aromatic carbocycles. The number of ether oxygens (including phenoxy) is 2. The van der Waals surface area contributed by atoms with Crippen LogP contribution in [0.25, 0.3) is 0 Å². The van der Waals surface area contributed by atoms with Gasteiger partial charge in [-0.25, -0.2) is 0 Å². The van der Waals surface area contributed by atoms with E-state index in [2.05, 4.69) is 11.8 Å². The molecule has 1 fully saturated rings. The van der Waals surface area contributed by atoms with Crippen LogP contribution < -0.4 is 0 Å². The van der Waals surface area contributed by atoms with Gasteiger partial charge in [0.2, 0.25) is 0 Å². The Balaban J connectivity index is 2.45. The van der Waals surface area contributed by atoms with Crippen LogP contribution in [0.4, 0.5) is 0 Å². The molecule has 1 aliphatic rings. The summed E-state index contributed by atoms with van der Waals surface area (Å²) in [5.41, 5.74) is 0.0437. The Hall–Kier alpha value is -0.160. The fourth-order valence-electron chi connectivity index (χ4n) is 2.21.